The molecule has 0 radical (unpaired) electrons. The summed E-state index contributed by atoms with van der Waals surface area (Å²) < 4.78 is 19.4. The predicted molar refractivity (Wildman–Crippen MR) is 221 cm³/mol. The summed E-state index contributed by atoms with van der Waals surface area (Å²) in [5.74, 6) is 2.54. The molecule has 0 fully saturated rings. The Labute approximate surface area is 342 Å². The molecule has 1 aliphatic heterocycles. The van der Waals surface area contributed by atoms with Gasteiger partial charge in [-0.1, -0.05) is 113 Å². The Morgan fingerprint density at radius 3 is 2.11 bits per heavy atom. The van der Waals surface area contributed by atoms with Crippen molar-refractivity contribution in [3.05, 3.63) is 181 Å². The quantitative estimate of drug-likeness (QED) is 0.142. The van der Waals surface area contributed by atoms with Gasteiger partial charge in [0.2, 0.25) is 0 Å². The summed E-state index contributed by atoms with van der Waals surface area (Å²) in [6.07, 6.45) is 3.63. The number of nitrogens with zero attached hydrogens (tertiary/aromatic N) is 3. The summed E-state index contributed by atoms with van der Waals surface area (Å²) in [6, 6.07) is 52.1. The van der Waals surface area contributed by atoms with Crippen molar-refractivity contribution in [3.63, 3.8) is 0 Å². The van der Waals surface area contributed by atoms with Crippen LogP contribution in [0.15, 0.2) is 150 Å². The molecule has 1 aliphatic rings. The number of pyridine rings is 1. The van der Waals surface area contributed by atoms with Crippen molar-refractivity contribution in [3.8, 4) is 23.0 Å². The summed E-state index contributed by atoms with van der Waals surface area (Å²) in [5.41, 5.74) is 8.45. The second kappa shape index (κ2) is 14.7. The van der Waals surface area contributed by atoms with Crippen LogP contribution in [0.3, 0.4) is 0 Å². The number of hydrogen-bond donors (Lipinski definition) is 0. The zero-order chi connectivity index (χ0) is 37.7. The van der Waals surface area contributed by atoms with Gasteiger partial charge in [-0.3, -0.25) is 4.98 Å². The molecule has 7 heteroatoms. The first-order chi connectivity index (χ1) is 26.6. The molecular formula is C49H40N3O3Pt-3. The first-order valence-electron chi connectivity index (χ1n) is 18.5. The predicted octanol–water partition coefficient (Wildman–Crippen LogP) is 13.2. The van der Waals surface area contributed by atoms with Crippen LogP contribution in [0.2, 0.25) is 0 Å². The van der Waals surface area contributed by atoms with E-state index >= 15 is 0 Å². The minimum Gasteiger partial charge on any atom is -0.509 e. The van der Waals surface area contributed by atoms with E-state index in [9.17, 15) is 0 Å². The molecule has 0 spiro atoms. The van der Waals surface area contributed by atoms with Gasteiger partial charge in [0.05, 0.1) is 11.9 Å². The van der Waals surface area contributed by atoms with Gasteiger partial charge in [0.1, 0.15) is 17.1 Å². The van der Waals surface area contributed by atoms with Gasteiger partial charge in [0, 0.05) is 66.7 Å². The maximum absolute atomic E-state index is 6.79. The Morgan fingerprint density at radius 2 is 1.32 bits per heavy atom. The SMILES string of the molecule is CC(C)(C)c1ccc2oc3[c-]c(Oc4[c-]c(N5[CH-]N(c6ccccc6Oc6cnccc6C(C)(C)c6ccccc6)c6ccccc65)ccc4)ccc3c2c1.[Pt]. The van der Waals surface area contributed by atoms with E-state index in [0.717, 1.165) is 44.7 Å². The van der Waals surface area contributed by atoms with Gasteiger partial charge in [0.25, 0.3) is 0 Å². The number of benzene rings is 6. The Morgan fingerprint density at radius 1 is 0.607 bits per heavy atom. The van der Waals surface area contributed by atoms with Crippen molar-refractivity contribution in [2.75, 3.05) is 9.80 Å². The number of anilines is 4. The summed E-state index contributed by atoms with van der Waals surface area (Å²) in [7, 11) is 0. The Kier molecular flexibility index (Phi) is 9.72. The third-order valence-corrected chi connectivity index (χ3v) is 10.4. The fraction of sp³-hybridized carbons (Fsp3) is 0.143. The Balaban J connectivity index is 0.00000441. The number of para-hydroxylation sites is 4. The van der Waals surface area contributed by atoms with E-state index in [-0.39, 0.29) is 31.9 Å². The number of ether oxygens (including phenoxy) is 2. The monoisotopic (exact) mass is 913 g/mol. The van der Waals surface area contributed by atoms with Gasteiger partial charge < -0.3 is 23.7 Å². The largest absolute Gasteiger partial charge is 0.509 e. The molecule has 0 atom stereocenters. The van der Waals surface area contributed by atoms with Crippen molar-refractivity contribution < 1.29 is 35.0 Å². The van der Waals surface area contributed by atoms with Crippen molar-refractivity contribution in [2.45, 2.75) is 45.4 Å². The van der Waals surface area contributed by atoms with Crippen LogP contribution in [0.4, 0.5) is 22.7 Å². The second-order valence-corrected chi connectivity index (χ2v) is 15.4. The number of rotatable bonds is 8. The fourth-order valence-corrected chi connectivity index (χ4v) is 7.31. The van der Waals surface area contributed by atoms with Gasteiger partial charge in [-0.05, 0) is 58.3 Å². The molecule has 8 aromatic rings. The smallest absolute Gasteiger partial charge is 0.149 e. The molecule has 0 saturated heterocycles. The standard InChI is InChI=1S/C49H40N3O3.Pt/c1-48(2,3)34-22-25-44-39(28-34)38-24-23-37(30-46(38)54-44)53-36-17-13-16-35(29-36)51-32-52(42-19-10-9-18-41(42)51)43-20-11-12-21-45(43)55-47-31-50-27-26-40(47)49(4,5)33-14-7-6-8-15-33;/h6-28,31-32H,1-5H3;/q-3;. The number of hydrogen-bond acceptors (Lipinski definition) is 6. The maximum atomic E-state index is 6.79. The summed E-state index contributed by atoms with van der Waals surface area (Å²) in [4.78, 5) is 8.73. The molecule has 6 nitrogen and oxygen atoms in total. The van der Waals surface area contributed by atoms with E-state index in [1.54, 1.807) is 6.20 Å². The van der Waals surface area contributed by atoms with Crippen molar-refractivity contribution in [1.29, 1.82) is 0 Å². The van der Waals surface area contributed by atoms with Crippen molar-refractivity contribution >= 4 is 44.7 Å². The average molecular weight is 914 g/mol. The van der Waals surface area contributed by atoms with Crippen LogP contribution in [0.25, 0.3) is 21.9 Å². The first kappa shape index (κ1) is 37.1. The molecular weight excluding hydrogens is 874 g/mol. The van der Waals surface area contributed by atoms with Crippen LogP contribution in [-0.4, -0.2) is 4.98 Å². The van der Waals surface area contributed by atoms with Crippen LogP contribution in [0.1, 0.15) is 51.3 Å². The van der Waals surface area contributed by atoms with Crippen LogP contribution in [0.5, 0.6) is 23.0 Å². The van der Waals surface area contributed by atoms with E-state index < -0.39 is 0 Å². The number of aromatic nitrogens is 1. The van der Waals surface area contributed by atoms with Crippen LogP contribution in [-0.2, 0) is 31.9 Å². The minimum absolute atomic E-state index is 0. The molecule has 9 rings (SSSR count). The Bertz CT molecular complexity index is 2680. The summed E-state index contributed by atoms with van der Waals surface area (Å²) in [6.45, 7) is 13.1. The van der Waals surface area contributed by atoms with Gasteiger partial charge in [0.15, 0.2) is 0 Å². The minimum atomic E-state index is -0.313. The third kappa shape index (κ3) is 6.84. The van der Waals surface area contributed by atoms with Crippen LogP contribution < -0.4 is 19.3 Å². The van der Waals surface area contributed by atoms with Gasteiger partial charge in [-0.25, -0.2) is 0 Å². The molecule has 2 aromatic heterocycles. The topological polar surface area (TPSA) is 51.0 Å². The normalized spacial score (nSPS) is 12.8. The fourth-order valence-electron chi connectivity index (χ4n) is 7.31. The van der Waals surface area contributed by atoms with E-state index in [0.29, 0.717) is 28.6 Å². The van der Waals surface area contributed by atoms with Gasteiger partial charge >= 0.3 is 0 Å². The molecule has 6 aromatic carbocycles. The summed E-state index contributed by atoms with van der Waals surface area (Å²) >= 11 is 0. The Hall–Kier alpha value is -5.84. The van der Waals surface area contributed by atoms with E-state index in [4.69, 9.17) is 13.9 Å². The molecule has 0 N–H and O–H groups in total. The first-order valence-corrected chi connectivity index (χ1v) is 18.5. The average Bonchev–Trinajstić information content (AvgIpc) is 3.76. The molecule has 56 heavy (non-hydrogen) atoms. The molecule has 3 heterocycles. The zero-order valence-corrected chi connectivity index (χ0v) is 34.1. The van der Waals surface area contributed by atoms with Crippen molar-refractivity contribution in [2.24, 2.45) is 0 Å². The van der Waals surface area contributed by atoms with E-state index in [1.807, 2.05) is 85.1 Å². The molecule has 0 saturated carbocycles. The van der Waals surface area contributed by atoms with Crippen molar-refractivity contribution in [1.82, 2.24) is 4.98 Å². The molecule has 0 aliphatic carbocycles. The number of furan rings is 1. The van der Waals surface area contributed by atoms with E-state index in [2.05, 4.69) is 123 Å². The second-order valence-electron chi connectivity index (χ2n) is 15.4. The molecule has 0 amide bonds. The van der Waals surface area contributed by atoms with E-state index in [1.165, 1.54) is 11.1 Å². The molecule has 282 valence electrons. The maximum Gasteiger partial charge on any atom is 0.149 e. The van der Waals surface area contributed by atoms with Gasteiger partial charge in [-0.15, -0.1) is 36.6 Å². The molecule has 0 unspecified atom stereocenters. The number of fused-ring (bicyclic) bond motifs is 4. The molecule has 0 bridgehead atoms. The third-order valence-electron chi connectivity index (χ3n) is 10.4. The van der Waals surface area contributed by atoms with Gasteiger partial charge in [-0.2, -0.15) is 12.1 Å². The zero-order valence-electron chi connectivity index (χ0n) is 31.8. The summed E-state index contributed by atoms with van der Waals surface area (Å²) in [5, 5.41) is 2.09. The van der Waals surface area contributed by atoms with Crippen LogP contribution >= 0.6 is 0 Å². The van der Waals surface area contributed by atoms with Crippen LogP contribution in [0, 0.1) is 18.8 Å².